The molecule has 0 heterocycles. The van der Waals surface area contributed by atoms with Crippen molar-refractivity contribution in [3.63, 3.8) is 0 Å². The van der Waals surface area contributed by atoms with E-state index in [0.717, 1.165) is 6.04 Å². The zero-order valence-corrected chi connectivity index (χ0v) is 39.7. The summed E-state index contributed by atoms with van der Waals surface area (Å²) < 4.78 is 34.5. The average molecular weight is 751 g/mol. The number of unbranched alkanes of at least 4 members (excludes halogenated alkanes) is 2. The first-order chi connectivity index (χ1) is 20.8. The molecule has 0 fully saturated rings. The standard InChI is InChI=1S/C35H78O7Si5/c1-21-23-27-43(12,13)32(4,5)40-46(18,19)34(8,9)42-47(20,29-25-26-38-31(37)30(3)36)35(10,11)41-45(16,17)33(6,7)39-44(14,15)28-24-22-2/h21-29H2,1-20H3. The highest BCUT2D eigenvalue weighted by molar-refractivity contribution is 6.83. The van der Waals surface area contributed by atoms with Crippen molar-refractivity contribution in [2.75, 3.05) is 6.61 Å². The molecule has 0 bridgehead atoms. The molecule has 280 valence electrons. The van der Waals surface area contributed by atoms with Gasteiger partial charge < -0.3 is 22.4 Å². The molecule has 12 heteroatoms. The summed E-state index contributed by atoms with van der Waals surface area (Å²) in [5.41, 5.74) is 0. The molecule has 0 saturated carbocycles. The highest BCUT2D eigenvalue weighted by Gasteiger charge is 2.58. The summed E-state index contributed by atoms with van der Waals surface area (Å²) in [6.45, 7) is 44.8. The van der Waals surface area contributed by atoms with Crippen molar-refractivity contribution in [3.8, 4) is 0 Å². The average Bonchev–Trinajstić information content (AvgIpc) is 2.86. The molecular weight excluding hydrogens is 673 g/mol. The first kappa shape index (κ1) is 47.1. The summed E-state index contributed by atoms with van der Waals surface area (Å²) in [6, 6.07) is 3.09. The minimum atomic E-state index is -2.77. The van der Waals surface area contributed by atoms with Crippen LogP contribution in [-0.4, -0.2) is 80.6 Å². The fraction of sp³-hybridized carbons (Fsp3) is 0.943. The number of carbonyl (C=O) groups is 2. The van der Waals surface area contributed by atoms with Crippen molar-refractivity contribution in [2.45, 2.75) is 206 Å². The van der Waals surface area contributed by atoms with Gasteiger partial charge in [-0.25, -0.2) is 4.79 Å². The van der Waals surface area contributed by atoms with E-state index >= 15 is 0 Å². The first-order valence-electron chi connectivity index (χ1n) is 18.3. The molecule has 0 amide bonds. The van der Waals surface area contributed by atoms with E-state index in [4.69, 9.17) is 22.4 Å². The molecule has 0 aromatic rings. The van der Waals surface area contributed by atoms with E-state index in [9.17, 15) is 9.59 Å². The number of carbonyl (C=O) groups excluding carboxylic acids is 2. The van der Waals surface area contributed by atoms with Crippen LogP contribution in [0.25, 0.3) is 0 Å². The molecule has 0 aliphatic heterocycles. The molecule has 0 aliphatic carbocycles. The number of Topliss-reactive ketones (excluding diaryl/α,β-unsaturated/α-hetero) is 1. The number of hydrogen-bond acceptors (Lipinski definition) is 7. The van der Waals surface area contributed by atoms with Crippen LogP contribution in [0.15, 0.2) is 0 Å². The number of ketones is 1. The smallest absolute Gasteiger partial charge is 0.374 e. The van der Waals surface area contributed by atoms with E-state index in [1.807, 2.05) is 0 Å². The summed E-state index contributed by atoms with van der Waals surface area (Å²) in [5.74, 6) is -1.36. The van der Waals surface area contributed by atoms with Crippen LogP contribution in [0.3, 0.4) is 0 Å². The van der Waals surface area contributed by atoms with Crippen LogP contribution in [0.5, 0.6) is 0 Å². The van der Waals surface area contributed by atoms with Crippen LogP contribution in [0, 0.1) is 0 Å². The molecule has 0 rings (SSSR count). The second-order valence-corrected chi connectivity index (χ2v) is 41.3. The summed E-state index contributed by atoms with van der Waals surface area (Å²) in [7, 11) is -11.3. The molecular formula is C35H78O7Si5. The zero-order chi connectivity index (χ0) is 37.6. The van der Waals surface area contributed by atoms with Gasteiger partial charge >= 0.3 is 5.97 Å². The van der Waals surface area contributed by atoms with E-state index < -0.39 is 68.8 Å². The van der Waals surface area contributed by atoms with Gasteiger partial charge in [0, 0.05) is 12.1 Å². The van der Waals surface area contributed by atoms with Gasteiger partial charge in [-0.05, 0) is 120 Å². The number of rotatable bonds is 23. The Bertz CT molecular complexity index is 1020. The number of hydrogen-bond donors (Lipinski definition) is 0. The van der Waals surface area contributed by atoms with Crippen molar-refractivity contribution in [1.82, 2.24) is 0 Å². The van der Waals surface area contributed by atoms with Gasteiger partial charge in [0.05, 0.1) is 30.4 Å². The maximum absolute atomic E-state index is 12.0. The van der Waals surface area contributed by atoms with Crippen LogP contribution >= 0.6 is 0 Å². The van der Waals surface area contributed by atoms with Gasteiger partial charge in [-0.15, -0.1) is 0 Å². The minimum absolute atomic E-state index is 0.176. The van der Waals surface area contributed by atoms with Crippen molar-refractivity contribution < 1.29 is 32.0 Å². The molecule has 47 heavy (non-hydrogen) atoms. The van der Waals surface area contributed by atoms with Crippen molar-refractivity contribution in [1.29, 1.82) is 0 Å². The van der Waals surface area contributed by atoms with Crippen molar-refractivity contribution >= 4 is 53.1 Å². The number of ether oxygens (including phenoxy) is 1. The lowest BCUT2D eigenvalue weighted by Gasteiger charge is -2.55. The Morgan fingerprint density at radius 2 is 0.957 bits per heavy atom. The molecule has 0 aromatic heterocycles. The van der Waals surface area contributed by atoms with Gasteiger partial charge in [0.1, 0.15) is 0 Å². The van der Waals surface area contributed by atoms with Gasteiger partial charge in [0.15, 0.2) is 8.32 Å². The third-order valence-corrected chi connectivity index (χ3v) is 32.8. The van der Waals surface area contributed by atoms with E-state index in [-0.39, 0.29) is 11.8 Å². The van der Waals surface area contributed by atoms with Crippen LogP contribution in [-0.2, 0) is 32.0 Å². The maximum Gasteiger partial charge on any atom is 0.374 e. The first-order valence-corrected chi connectivity index (χ1v) is 33.0. The Kier molecular flexibility index (Phi) is 17.1. The molecule has 1 atom stereocenters. The summed E-state index contributed by atoms with van der Waals surface area (Å²) in [5, 5.41) is -1.71. The molecule has 0 N–H and O–H groups in total. The highest BCUT2D eigenvalue weighted by Crippen LogP contribution is 2.43. The summed E-state index contributed by atoms with van der Waals surface area (Å²) in [4.78, 5) is 23.5. The minimum Gasteiger partial charge on any atom is -0.460 e. The van der Waals surface area contributed by atoms with E-state index in [2.05, 4.69) is 128 Å². The van der Waals surface area contributed by atoms with Crippen LogP contribution in [0.1, 0.15) is 108 Å². The van der Waals surface area contributed by atoms with Gasteiger partial charge in [-0.1, -0.05) is 58.7 Å². The van der Waals surface area contributed by atoms with E-state index in [1.165, 1.54) is 38.7 Å². The van der Waals surface area contributed by atoms with Crippen LogP contribution < -0.4 is 0 Å². The number of esters is 1. The predicted molar refractivity (Wildman–Crippen MR) is 213 cm³/mol. The maximum atomic E-state index is 12.0. The second-order valence-electron chi connectivity index (χ2n) is 18.3. The lowest BCUT2D eigenvalue weighted by molar-refractivity contribution is -0.152. The molecule has 0 radical (unpaired) electrons. The van der Waals surface area contributed by atoms with Crippen LogP contribution in [0.2, 0.25) is 77.1 Å². The largest absolute Gasteiger partial charge is 0.460 e. The zero-order valence-electron chi connectivity index (χ0n) is 34.7. The topological polar surface area (TPSA) is 80.3 Å². The molecule has 0 aromatic carbocycles. The van der Waals surface area contributed by atoms with Gasteiger partial charge in [0.25, 0.3) is 0 Å². The van der Waals surface area contributed by atoms with E-state index in [1.54, 1.807) is 0 Å². The predicted octanol–water partition coefficient (Wildman–Crippen LogP) is 10.3. The summed E-state index contributed by atoms with van der Waals surface area (Å²) >= 11 is 0. The third-order valence-electron chi connectivity index (χ3n) is 11.4. The van der Waals surface area contributed by atoms with E-state index in [0.29, 0.717) is 12.5 Å². The molecule has 0 aliphatic rings. The SMILES string of the molecule is CCCC[Si](C)(C)OC(C)(C)[Si](C)(C)OC(C)(C)[Si](C)(CCCOC(=O)C(C)=O)OC(C)(C)[Si](C)(C)OC(C)(C)[Si](C)(C)CCCC. The van der Waals surface area contributed by atoms with Gasteiger partial charge in [-0.3, -0.25) is 4.79 Å². The van der Waals surface area contributed by atoms with Gasteiger partial charge in [0.2, 0.25) is 30.7 Å². The third kappa shape index (κ3) is 13.3. The fourth-order valence-electron chi connectivity index (χ4n) is 5.99. The molecule has 7 nitrogen and oxygen atoms in total. The van der Waals surface area contributed by atoms with Crippen LogP contribution in [0.4, 0.5) is 0 Å². The lowest BCUT2D eigenvalue weighted by atomic mass is 10.4. The monoisotopic (exact) mass is 750 g/mol. The van der Waals surface area contributed by atoms with Crippen molar-refractivity contribution in [2.24, 2.45) is 0 Å². The Morgan fingerprint density at radius 1 is 0.532 bits per heavy atom. The molecule has 0 spiro atoms. The Labute approximate surface area is 296 Å². The van der Waals surface area contributed by atoms with Gasteiger partial charge in [-0.2, -0.15) is 0 Å². The lowest BCUT2D eigenvalue weighted by Crippen LogP contribution is -2.71. The Balaban J connectivity index is 6.60. The quantitative estimate of drug-likeness (QED) is 0.0445. The Morgan fingerprint density at radius 3 is 1.40 bits per heavy atom. The highest BCUT2D eigenvalue weighted by atomic mass is 28.4. The summed E-state index contributed by atoms with van der Waals surface area (Å²) in [6.07, 6.45) is 5.37. The second kappa shape index (κ2) is 17.1. The fourth-order valence-corrected chi connectivity index (χ4v) is 23.4. The normalized spacial score (nSPS) is 15.8. The molecule has 0 saturated heterocycles. The Hall–Kier alpha value is 0.0644. The molecule has 1 unspecified atom stereocenters. The van der Waals surface area contributed by atoms with Crippen molar-refractivity contribution in [3.05, 3.63) is 0 Å².